The molecule has 1 spiro atoms. The number of carbonyl (C=O) groups is 1. The zero-order valence-electron chi connectivity index (χ0n) is 19.2. The van der Waals surface area contributed by atoms with Crippen molar-refractivity contribution in [1.29, 1.82) is 0 Å². The summed E-state index contributed by atoms with van der Waals surface area (Å²) in [5.74, 6) is -1.19. The number of likely N-dealkylation sites (tertiary alicyclic amines) is 1. The normalized spacial score (nSPS) is 32.0. The number of hydrogen-bond acceptors (Lipinski definition) is 4. The van der Waals surface area contributed by atoms with Gasteiger partial charge >= 0.3 is 0 Å². The molecular weight excluding hydrogens is 476 g/mol. The molecule has 34 heavy (non-hydrogen) atoms. The smallest absolute Gasteiger partial charge is 0.245 e. The number of halogens is 3. The third kappa shape index (κ3) is 4.24. The molecule has 4 atom stereocenters. The lowest BCUT2D eigenvalue weighted by atomic mass is 9.73. The standard InChI is InChI=1S/C26H32Cl2FN3O2/c1-2-18(27)12-11-17-13-31-25(34)26(17)22(19-9-6-10-20(28)23(19)29)24(30)21(15-33)32(26)14-16-7-4-3-5-8-16/h2,6,9-12,16,21-22,24,33H,1,3-5,7-8,13-15,30H2,(H,31,34)/b17-11?,18-12+/t21?,22-,24+,26?/m0/s1. The highest BCUT2D eigenvalue weighted by Gasteiger charge is 2.66. The van der Waals surface area contributed by atoms with Crippen molar-refractivity contribution < 1.29 is 14.3 Å². The Morgan fingerprint density at radius 3 is 2.76 bits per heavy atom. The highest BCUT2D eigenvalue weighted by Crippen LogP contribution is 2.52. The van der Waals surface area contributed by atoms with Gasteiger partial charge in [-0.05, 0) is 42.0 Å². The number of benzene rings is 1. The van der Waals surface area contributed by atoms with Crippen molar-refractivity contribution >= 4 is 29.1 Å². The van der Waals surface area contributed by atoms with Crippen LogP contribution in [0.15, 0.2) is 53.6 Å². The first-order valence-corrected chi connectivity index (χ1v) is 12.7. The average Bonchev–Trinajstić information content (AvgIpc) is 3.29. The summed E-state index contributed by atoms with van der Waals surface area (Å²) in [7, 11) is 0. The molecule has 2 heterocycles. The van der Waals surface area contributed by atoms with E-state index < -0.39 is 29.4 Å². The Morgan fingerprint density at radius 2 is 2.09 bits per heavy atom. The van der Waals surface area contributed by atoms with Crippen molar-refractivity contribution in [3.05, 3.63) is 70.0 Å². The van der Waals surface area contributed by atoms with E-state index >= 15 is 4.39 Å². The summed E-state index contributed by atoms with van der Waals surface area (Å²) >= 11 is 12.3. The molecule has 1 saturated carbocycles. The summed E-state index contributed by atoms with van der Waals surface area (Å²) in [5.41, 5.74) is 6.53. The number of nitrogens with one attached hydrogen (secondary N) is 1. The second-order valence-corrected chi connectivity index (χ2v) is 10.3. The number of nitrogens with zero attached hydrogens (tertiary/aromatic N) is 1. The monoisotopic (exact) mass is 507 g/mol. The Balaban J connectivity index is 1.93. The molecule has 0 aromatic heterocycles. The van der Waals surface area contributed by atoms with Gasteiger partial charge in [-0.1, -0.05) is 73.3 Å². The topological polar surface area (TPSA) is 78.6 Å². The van der Waals surface area contributed by atoms with Crippen LogP contribution in [0, 0.1) is 11.7 Å². The van der Waals surface area contributed by atoms with Gasteiger partial charge < -0.3 is 16.2 Å². The van der Waals surface area contributed by atoms with Gasteiger partial charge in [-0.2, -0.15) is 0 Å². The van der Waals surface area contributed by atoms with Crippen LogP contribution in [-0.2, 0) is 4.79 Å². The molecule has 1 aromatic carbocycles. The van der Waals surface area contributed by atoms with E-state index in [1.165, 1.54) is 18.6 Å². The Hall–Kier alpha value is -1.70. The second-order valence-electron chi connectivity index (χ2n) is 9.50. The Bertz CT molecular complexity index is 1010. The van der Waals surface area contributed by atoms with Gasteiger partial charge in [0, 0.05) is 36.1 Å². The van der Waals surface area contributed by atoms with Gasteiger partial charge in [-0.3, -0.25) is 9.69 Å². The third-order valence-corrected chi connectivity index (χ3v) is 8.30. The molecule has 4 N–H and O–H groups in total. The lowest BCUT2D eigenvalue weighted by Crippen LogP contribution is -2.57. The first-order chi connectivity index (χ1) is 16.4. The lowest BCUT2D eigenvalue weighted by molar-refractivity contribution is -0.129. The van der Waals surface area contributed by atoms with E-state index in [0.29, 0.717) is 17.5 Å². The molecule has 1 aromatic rings. The fourth-order valence-electron chi connectivity index (χ4n) is 6.17. The minimum Gasteiger partial charge on any atom is -0.395 e. The number of amides is 1. The zero-order chi connectivity index (χ0) is 24.5. The van der Waals surface area contributed by atoms with Crippen LogP contribution in [0.25, 0.3) is 0 Å². The van der Waals surface area contributed by atoms with Crippen molar-refractivity contribution in [3.8, 4) is 0 Å². The molecule has 184 valence electrons. The van der Waals surface area contributed by atoms with Crippen molar-refractivity contribution in [2.45, 2.75) is 55.6 Å². The molecule has 3 fully saturated rings. The van der Waals surface area contributed by atoms with Gasteiger partial charge in [-0.25, -0.2) is 4.39 Å². The number of aliphatic hydroxyl groups is 1. The Kier molecular flexibility index (Phi) is 7.85. The van der Waals surface area contributed by atoms with Gasteiger partial charge in [0.05, 0.1) is 11.6 Å². The molecule has 0 radical (unpaired) electrons. The summed E-state index contributed by atoms with van der Waals surface area (Å²) in [6, 6.07) is 3.59. The average molecular weight is 508 g/mol. The van der Waals surface area contributed by atoms with E-state index in [9.17, 15) is 9.90 Å². The fraction of sp³-hybridized carbons (Fsp3) is 0.500. The van der Waals surface area contributed by atoms with E-state index in [1.54, 1.807) is 24.3 Å². The number of allylic oxidation sites excluding steroid dienone is 4. The van der Waals surface area contributed by atoms with Gasteiger partial charge in [0.1, 0.15) is 11.4 Å². The largest absolute Gasteiger partial charge is 0.395 e. The lowest BCUT2D eigenvalue weighted by Gasteiger charge is -2.42. The first-order valence-electron chi connectivity index (χ1n) is 11.9. The molecule has 8 heteroatoms. The summed E-state index contributed by atoms with van der Waals surface area (Å²) in [5, 5.41) is 13.8. The van der Waals surface area contributed by atoms with Gasteiger partial charge in [-0.15, -0.1) is 0 Å². The zero-order valence-corrected chi connectivity index (χ0v) is 20.7. The maximum Gasteiger partial charge on any atom is 0.245 e. The van der Waals surface area contributed by atoms with Crippen LogP contribution in [0.3, 0.4) is 0 Å². The molecule has 1 amide bonds. The molecule has 0 bridgehead atoms. The highest BCUT2D eigenvalue weighted by molar-refractivity contribution is 6.31. The van der Waals surface area contributed by atoms with Crippen molar-refractivity contribution in [2.24, 2.45) is 11.7 Å². The SMILES string of the molecule is C=C/C(Cl)=C\C=C1CNC(=O)C12[C@@H](c1cccc(Cl)c1F)[C@H](N)C(CO)N2CC1CCCCC1. The minimum absolute atomic E-state index is 0.0235. The van der Waals surface area contributed by atoms with E-state index in [-0.39, 0.29) is 29.6 Å². The number of nitrogens with two attached hydrogens (primary N) is 1. The maximum atomic E-state index is 15.4. The summed E-state index contributed by atoms with van der Waals surface area (Å²) in [6.45, 7) is 4.32. The second kappa shape index (κ2) is 10.5. The molecule has 2 saturated heterocycles. The number of rotatable bonds is 6. The van der Waals surface area contributed by atoms with Crippen LogP contribution in [0.1, 0.15) is 43.6 Å². The predicted octanol–water partition coefficient (Wildman–Crippen LogP) is 4.25. The van der Waals surface area contributed by atoms with Crippen LogP contribution in [0.5, 0.6) is 0 Å². The van der Waals surface area contributed by atoms with Gasteiger partial charge in [0.2, 0.25) is 5.91 Å². The van der Waals surface area contributed by atoms with E-state index in [4.69, 9.17) is 28.9 Å². The van der Waals surface area contributed by atoms with E-state index in [0.717, 1.165) is 31.3 Å². The minimum atomic E-state index is -1.26. The quantitative estimate of drug-likeness (QED) is 0.502. The highest BCUT2D eigenvalue weighted by atomic mass is 35.5. The summed E-state index contributed by atoms with van der Waals surface area (Å²) in [6.07, 6.45) is 10.6. The molecule has 3 aliphatic rings. The van der Waals surface area contributed by atoms with Crippen LogP contribution in [0.4, 0.5) is 4.39 Å². The number of hydrogen-bond donors (Lipinski definition) is 3. The molecule has 5 nitrogen and oxygen atoms in total. The summed E-state index contributed by atoms with van der Waals surface area (Å²) in [4.78, 5) is 15.8. The third-order valence-electron chi connectivity index (χ3n) is 7.73. The van der Waals surface area contributed by atoms with Crippen molar-refractivity contribution in [1.82, 2.24) is 10.2 Å². The van der Waals surface area contributed by atoms with Crippen LogP contribution in [0.2, 0.25) is 5.02 Å². The molecule has 1 aliphatic carbocycles. The molecule has 4 rings (SSSR count). The van der Waals surface area contributed by atoms with Gasteiger partial charge in [0.25, 0.3) is 0 Å². The van der Waals surface area contributed by atoms with E-state index in [2.05, 4.69) is 11.9 Å². The predicted molar refractivity (Wildman–Crippen MR) is 134 cm³/mol. The molecule has 2 aliphatic heterocycles. The number of carbonyl (C=O) groups excluding carboxylic acids is 1. The van der Waals surface area contributed by atoms with Crippen LogP contribution in [-0.4, -0.2) is 53.2 Å². The first kappa shape index (κ1) is 25.4. The molecule has 2 unspecified atom stereocenters. The summed E-state index contributed by atoms with van der Waals surface area (Å²) < 4.78 is 15.4. The molecular formula is C26H32Cl2FN3O2. The van der Waals surface area contributed by atoms with Crippen LogP contribution < -0.4 is 11.1 Å². The van der Waals surface area contributed by atoms with Crippen molar-refractivity contribution in [3.63, 3.8) is 0 Å². The maximum absolute atomic E-state index is 15.4. The van der Waals surface area contributed by atoms with Gasteiger partial charge in [0.15, 0.2) is 0 Å². The Morgan fingerprint density at radius 1 is 1.35 bits per heavy atom. The number of aliphatic hydroxyl groups excluding tert-OH is 1. The Labute approximate surface area is 210 Å². The van der Waals surface area contributed by atoms with E-state index in [1.807, 2.05) is 4.90 Å². The van der Waals surface area contributed by atoms with Crippen LogP contribution >= 0.6 is 23.2 Å². The van der Waals surface area contributed by atoms with Crippen molar-refractivity contribution in [2.75, 3.05) is 19.7 Å². The fourth-order valence-corrected chi connectivity index (χ4v) is 6.42.